The van der Waals surface area contributed by atoms with Crippen LogP contribution in [0, 0.1) is 0 Å². The Morgan fingerprint density at radius 2 is 1.59 bits per heavy atom. The zero-order valence-corrected chi connectivity index (χ0v) is 17.7. The predicted octanol–water partition coefficient (Wildman–Crippen LogP) is 4.08. The molecular weight excluding hydrogens is 426 g/mol. The Kier molecular flexibility index (Phi) is 5.96. The highest BCUT2D eigenvalue weighted by atomic mass is 32.2. The van der Waals surface area contributed by atoms with Gasteiger partial charge in [-0.2, -0.15) is 0 Å². The average molecular weight is 446 g/mol. The summed E-state index contributed by atoms with van der Waals surface area (Å²) in [6.07, 6.45) is 2.93. The first-order valence-corrected chi connectivity index (χ1v) is 11.4. The second kappa shape index (κ2) is 8.99. The van der Waals surface area contributed by atoms with Crippen molar-refractivity contribution in [3.63, 3.8) is 0 Å². The first-order valence-electron chi connectivity index (χ1n) is 9.70. The van der Waals surface area contributed by atoms with E-state index in [1.54, 1.807) is 78.9 Å². The van der Waals surface area contributed by atoms with Gasteiger partial charge in [-0.15, -0.1) is 0 Å². The normalized spacial score (nSPS) is 11.1. The highest BCUT2D eigenvalue weighted by Gasteiger charge is 2.16. The minimum absolute atomic E-state index is 0.109. The molecule has 8 heteroatoms. The van der Waals surface area contributed by atoms with E-state index in [2.05, 4.69) is 15.3 Å². The first-order chi connectivity index (χ1) is 15.4. The molecule has 0 aliphatic rings. The number of phenols is 1. The van der Waals surface area contributed by atoms with Gasteiger partial charge in [-0.25, -0.2) is 18.4 Å². The van der Waals surface area contributed by atoms with Crippen molar-refractivity contribution in [3.05, 3.63) is 102 Å². The summed E-state index contributed by atoms with van der Waals surface area (Å²) < 4.78 is 25.2. The van der Waals surface area contributed by atoms with Gasteiger partial charge in [0.15, 0.2) is 15.7 Å². The van der Waals surface area contributed by atoms with Crippen LogP contribution in [0.25, 0.3) is 11.4 Å². The van der Waals surface area contributed by atoms with Gasteiger partial charge in [0, 0.05) is 11.1 Å². The van der Waals surface area contributed by atoms with E-state index in [9.17, 15) is 18.3 Å². The molecule has 0 atom stereocenters. The van der Waals surface area contributed by atoms with Crippen LogP contribution in [0.2, 0.25) is 0 Å². The van der Waals surface area contributed by atoms with Gasteiger partial charge >= 0.3 is 0 Å². The third-order valence-electron chi connectivity index (χ3n) is 4.66. The number of aromatic hydroxyl groups is 1. The minimum atomic E-state index is -3.52. The molecule has 0 saturated heterocycles. The number of benzene rings is 3. The smallest absolute Gasteiger partial charge is 0.255 e. The highest BCUT2D eigenvalue weighted by Crippen LogP contribution is 2.21. The number of hydrogen-bond acceptors (Lipinski definition) is 6. The molecule has 0 radical (unpaired) electrons. The largest absolute Gasteiger partial charge is 0.508 e. The number of carbonyl (C=O) groups is 1. The molecule has 1 aromatic heterocycles. The topological polar surface area (TPSA) is 109 Å². The van der Waals surface area contributed by atoms with Gasteiger partial charge in [-0.1, -0.05) is 42.5 Å². The Bertz CT molecular complexity index is 1360. The van der Waals surface area contributed by atoms with Crippen LogP contribution >= 0.6 is 0 Å². The van der Waals surface area contributed by atoms with Crippen molar-refractivity contribution in [1.29, 1.82) is 0 Å². The average Bonchev–Trinajstić information content (AvgIpc) is 2.80. The van der Waals surface area contributed by atoms with Gasteiger partial charge in [-0.05, 0) is 42.0 Å². The highest BCUT2D eigenvalue weighted by molar-refractivity contribution is 7.90. The molecule has 0 aliphatic carbocycles. The van der Waals surface area contributed by atoms with Gasteiger partial charge in [-0.3, -0.25) is 4.79 Å². The van der Waals surface area contributed by atoms with Gasteiger partial charge in [0.25, 0.3) is 5.91 Å². The molecule has 4 aromatic rings. The fourth-order valence-electron chi connectivity index (χ4n) is 3.12. The van der Waals surface area contributed by atoms with Crippen LogP contribution in [-0.2, 0) is 15.6 Å². The molecule has 2 N–H and O–H groups in total. The van der Waals surface area contributed by atoms with Crippen LogP contribution in [-0.4, -0.2) is 29.4 Å². The zero-order valence-electron chi connectivity index (χ0n) is 16.8. The van der Waals surface area contributed by atoms with Crippen LogP contribution in [0.3, 0.4) is 0 Å². The molecular formula is C24H19N3O4S. The Morgan fingerprint density at radius 3 is 2.31 bits per heavy atom. The van der Waals surface area contributed by atoms with Crippen LogP contribution < -0.4 is 5.32 Å². The monoisotopic (exact) mass is 445 g/mol. The van der Waals surface area contributed by atoms with Crippen molar-refractivity contribution in [2.24, 2.45) is 0 Å². The van der Waals surface area contributed by atoms with Gasteiger partial charge in [0.1, 0.15) is 5.75 Å². The molecule has 0 fully saturated rings. The Morgan fingerprint density at radius 1 is 0.875 bits per heavy atom. The second-order valence-corrected chi connectivity index (χ2v) is 9.06. The van der Waals surface area contributed by atoms with Crippen molar-refractivity contribution in [2.75, 3.05) is 5.32 Å². The Balaban J connectivity index is 1.47. The molecule has 0 unspecified atom stereocenters. The number of amides is 1. The van der Waals surface area contributed by atoms with E-state index in [4.69, 9.17) is 0 Å². The van der Waals surface area contributed by atoms with E-state index in [0.717, 1.165) is 0 Å². The molecule has 160 valence electrons. The molecule has 3 aromatic carbocycles. The molecule has 7 nitrogen and oxygen atoms in total. The number of carbonyl (C=O) groups excluding carboxylic acids is 1. The van der Waals surface area contributed by atoms with Gasteiger partial charge in [0.05, 0.1) is 28.7 Å². The zero-order chi connectivity index (χ0) is 22.6. The second-order valence-electron chi connectivity index (χ2n) is 7.07. The number of nitrogens with one attached hydrogen (secondary N) is 1. The summed E-state index contributed by atoms with van der Waals surface area (Å²) >= 11 is 0. The molecule has 32 heavy (non-hydrogen) atoms. The van der Waals surface area contributed by atoms with E-state index in [1.807, 2.05) is 0 Å². The fraction of sp³-hybridized carbons (Fsp3) is 0.0417. The predicted molar refractivity (Wildman–Crippen MR) is 121 cm³/mol. The number of nitrogens with zero attached hydrogens (tertiary/aromatic N) is 2. The van der Waals surface area contributed by atoms with Crippen LogP contribution in [0.1, 0.15) is 15.9 Å². The fourth-order valence-corrected chi connectivity index (χ4v) is 4.48. The quantitative estimate of drug-likeness (QED) is 0.463. The molecule has 1 heterocycles. The van der Waals surface area contributed by atoms with Gasteiger partial charge in [0.2, 0.25) is 0 Å². The van der Waals surface area contributed by atoms with E-state index in [0.29, 0.717) is 28.2 Å². The number of anilines is 1. The maximum atomic E-state index is 12.7. The lowest BCUT2D eigenvalue weighted by Gasteiger charge is -2.08. The number of phenolic OH excluding ortho intramolecular Hbond substituents is 1. The van der Waals surface area contributed by atoms with E-state index in [-0.39, 0.29) is 16.4 Å². The maximum absolute atomic E-state index is 12.7. The molecule has 0 aliphatic heterocycles. The summed E-state index contributed by atoms with van der Waals surface area (Å²) in [7, 11) is -3.52. The molecule has 1 amide bonds. The van der Waals surface area contributed by atoms with Crippen molar-refractivity contribution in [2.45, 2.75) is 10.6 Å². The van der Waals surface area contributed by atoms with Crippen LogP contribution in [0.5, 0.6) is 5.75 Å². The summed E-state index contributed by atoms with van der Waals surface area (Å²) in [5.74, 6) is -0.0952. The van der Waals surface area contributed by atoms with E-state index < -0.39 is 15.7 Å². The summed E-state index contributed by atoms with van der Waals surface area (Å²) in [5, 5.41) is 12.3. The third-order valence-corrected chi connectivity index (χ3v) is 6.37. The third kappa shape index (κ3) is 4.98. The summed E-state index contributed by atoms with van der Waals surface area (Å²) in [6, 6.07) is 21.2. The maximum Gasteiger partial charge on any atom is 0.255 e. The van der Waals surface area contributed by atoms with Crippen molar-refractivity contribution < 1.29 is 18.3 Å². The number of sulfone groups is 1. The van der Waals surface area contributed by atoms with Crippen LogP contribution in [0.15, 0.2) is 96.2 Å². The molecule has 0 spiro atoms. The summed E-state index contributed by atoms with van der Waals surface area (Å²) in [5.41, 5.74) is 1.87. The van der Waals surface area contributed by atoms with Crippen LogP contribution in [0.4, 0.5) is 5.69 Å². The number of rotatable bonds is 6. The number of aromatic nitrogens is 2. The first kappa shape index (κ1) is 21.2. The van der Waals surface area contributed by atoms with E-state index in [1.165, 1.54) is 12.4 Å². The lowest BCUT2D eigenvalue weighted by Crippen LogP contribution is -2.13. The van der Waals surface area contributed by atoms with E-state index >= 15 is 0 Å². The Labute approximate surface area is 185 Å². The summed E-state index contributed by atoms with van der Waals surface area (Å²) in [4.78, 5) is 21.3. The van der Waals surface area contributed by atoms with Crippen molar-refractivity contribution >= 4 is 21.4 Å². The van der Waals surface area contributed by atoms with Crippen molar-refractivity contribution in [1.82, 2.24) is 9.97 Å². The standard InChI is InChI=1S/C24H19N3O4S/c28-21-9-5-7-18(13-21)23-25-14-20(15-26-23)27-24(29)19-8-4-6-17(12-19)16-32(30,31)22-10-2-1-3-11-22/h1-15,28H,16H2,(H,27,29). The lowest BCUT2D eigenvalue weighted by molar-refractivity contribution is 0.102. The van der Waals surface area contributed by atoms with Gasteiger partial charge < -0.3 is 10.4 Å². The molecule has 0 bridgehead atoms. The lowest BCUT2D eigenvalue weighted by atomic mass is 10.1. The molecule has 0 saturated carbocycles. The number of hydrogen-bond donors (Lipinski definition) is 2. The summed E-state index contributed by atoms with van der Waals surface area (Å²) in [6.45, 7) is 0. The Hall–Kier alpha value is -4.04. The molecule has 4 rings (SSSR count). The minimum Gasteiger partial charge on any atom is -0.508 e. The van der Waals surface area contributed by atoms with Crippen molar-refractivity contribution in [3.8, 4) is 17.1 Å². The SMILES string of the molecule is O=C(Nc1cnc(-c2cccc(O)c2)nc1)c1cccc(CS(=O)(=O)c2ccccc2)c1.